The molecule has 0 aromatic carbocycles. The Morgan fingerprint density at radius 2 is 2.33 bits per heavy atom. The van der Waals surface area contributed by atoms with Crippen molar-refractivity contribution in [3.8, 4) is 0 Å². The van der Waals surface area contributed by atoms with E-state index in [1.54, 1.807) is 12.4 Å². The number of anilines is 2. The van der Waals surface area contributed by atoms with E-state index in [9.17, 15) is 9.18 Å². The molecule has 1 aliphatic rings. The molecule has 24 heavy (non-hydrogen) atoms. The van der Waals surface area contributed by atoms with Crippen molar-refractivity contribution in [2.75, 3.05) is 23.3 Å². The molecule has 3 rings (SSSR count). The SMILES string of the molecule is CC(C)C(=O)Nc1c[nH]c2ncc(Br)c(N3CCC(F)C(N)C3)c12. The average molecular weight is 398 g/mol. The number of aromatic amines is 1. The minimum atomic E-state index is -0.983. The first kappa shape index (κ1) is 17.2. The molecule has 130 valence electrons. The standard InChI is InChI=1S/C16H21BrFN5O/c1-8(2)16(24)22-12-6-21-15-13(12)14(9(17)5-20-15)23-4-3-10(18)11(19)7-23/h5-6,8,10-11H,3-4,7,19H2,1-2H3,(H,20,21)(H,22,24). The number of alkyl halides is 1. The highest BCUT2D eigenvalue weighted by atomic mass is 79.9. The molecule has 1 saturated heterocycles. The second-order valence-corrected chi connectivity index (χ2v) is 7.29. The van der Waals surface area contributed by atoms with Crippen LogP contribution >= 0.6 is 15.9 Å². The average Bonchev–Trinajstić information content (AvgIpc) is 2.93. The highest BCUT2D eigenvalue weighted by molar-refractivity contribution is 9.10. The number of carbonyl (C=O) groups is 1. The Morgan fingerprint density at radius 3 is 3.00 bits per heavy atom. The number of piperidine rings is 1. The second kappa shape index (κ2) is 6.68. The number of rotatable bonds is 3. The number of aromatic nitrogens is 2. The number of hydrogen-bond acceptors (Lipinski definition) is 4. The first-order chi connectivity index (χ1) is 11.4. The second-order valence-electron chi connectivity index (χ2n) is 6.44. The molecular weight excluding hydrogens is 377 g/mol. The summed E-state index contributed by atoms with van der Waals surface area (Å²) in [4.78, 5) is 21.6. The number of nitrogens with two attached hydrogens (primary N) is 1. The van der Waals surface area contributed by atoms with Crippen molar-refractivity contribution in [2.24, 2.45) is 11.7 Å². The van der Waals surface area contributed by atoms with Crippen LogP contribution in [0.5, 0.6) is 0 Å². The van der Waals surface area contributed by atoms with Crippen LogP contribution in [0.1, 0.15) is 20.3 Å². The molecule has 2 aromatic rings. The lowest BCUT2D eigenvalue weighted by atomic mass is 10.0. The maximum atomic E-state index is 13.7. The van der Waals surface area contributed by atoms with Gasteiger partial charge >= 0.3 is 0 Å². The van der Waals surface area contributed by atoms with Gasteiger partial charge in [0.1, 0.15) is 11.8 Å². The number of halogens is 2. The van der Waals surface area contributed by atoms with Crippen molar-refractivity contribution in [3.05, 3.63) is 16.9 Å². The lowest BCUT2D eigenvalue weighted by Gasteiger charge is -2.35. The molecule has 0 aliphatic carbocycles. The third kappa shape index (κ3) is 3.12. The summed E-state index contributed by atoms with van der Waals surface area (Å²) >= 11 is 3.54. The zero-order valence-electron chi connectivity index (χ0n) is 13.6. The molecule has 3 heterocycles. The monoisotopic (exact) mass is 397 g/mol. The molecule has 0 spiro atoms. The third-order valence-electron chi connectivity index (χ3n) is 4.30. The minimum Gasteiger partial charge on any atom is -0.368 e. The Labute approximate surface area is 148 Å². The summed E-state index contributed by atoms with van der Waals surface area (Å²) in [6, 6.07) is -0.526. The van der Waals surface area contributed by atoms with E-state index >= 15 is 0 Å². The fraction of sp³-hybridized carbons (Fsp3) is 0.500. The van der Waals surface area contributed by atoms with Gasteiger partial charge in [0.05, 0.1) is 27.3 Å². The van der Waals surface area contributed by atoms with Gasteiger partial charge in [-0.15, -0.1) is 0 Å². The van der Waals surface area contributed by atoms with Gasteiger partial charge in [0.25, 0.3) is 0 Å². The number of hydrogen-bond donors (Lipinski definition) is 3. The topological polar surface area (TPSA) is 87.0 Å². The van der Waals surface area contributed by atoms with Gasteiger partial charge in [-0.2, -0.15) is 0 Å². The number of pyridine rings is 1. The van der Waals surface area contributed by atoms with Crippen molar-refractivity contribution < 1.29 is 9.18 Å². The van der Waals surface area contributed by atoms with Crippen LogP contribution in [0.2, 0.25) is 0 Å². The molecule has 2 atom stereocenters. The van der Waals surface area contributed by atoms with Crippen LogP contribution in [0.3, 0.4) is 0 Å². The third-order valence-corrected chi connectivity index (χ3v) is 4.88. The van der Waals surface area contributed by atoms with Gasteiger partial charge in [0.15, 0.2) is 0 Å². The molecule has 2 aromatic heterocycles. The molecule has 6 nitrogen and oxygen atoms in total. The maximum absolute atomic E-state index is 13.7. The molecule has 0 bridgehead atoms. The van der Waals surface area contributed by atoms with Crippen LogP contribution in [0.25, 0.3) is 11.0 Å². The van der Waals surface area contributed by atoms with Crippen molar-refractivity contribution in [1.82, 2.24) is 9.97 Å². The van der Waals surface area contributed by atoms with Gasteiger partial charge in [-0.05, 0) is 22.4 Å². The van der Waals surface area contributed by atoms with E-state index in [0.717, 1.165) is 15.5 Å². The van der Waals surface area contributed by atoms with Crippen LogP contribution in [-0.4, -0.2) is 41.2 Å². The molecule has 2 unspecified atom stereocenters. The first-order valence-corrected chi connectivity index (χ1v) is 8.78. The van der Waals surface area contributed by atoms with E-state index in [-0.39, 0.29) is 11.8 Å². The van der Waals surface area contributed by atoms with Gasteiger partial charge in [0.2, 0.25) is 5.91 Å². The molecule has 8 heteroatoms. The number of nitrogens with zero attached hydrogens (tertiary/aromatic N) is 2. The number of carbonyl (C=O) groups excluding carboxylic acids is 1. The van der Waals surface area contributed by atoms with Crippen LogP contribution in [0, 0.1) is 5.92 Å². The Kier molecular flexibility index (Phi) is 4.78. The van der Waals surface area contributed by atoms with Crippen LogP contribution in [-0.2, 0) is 4.79 Å². The minimum absolute atomic E-state index is 0.0685. The van der Waals surface area contributed by atoms with Crippen molar-refractivity contribution >= 4 is 44.2 Å². The van der Waals surface area contributed by atoms with Crippen molar-refractivity contribution in [1.29, 1.82) is 0 Å². The highest BCUT2D eigenvalue weighted by Crippen LogP contribution is 2.39. The van der Waals surface area contributed by atoms with Gasteiger partial charge in [-0.25, -0.2) is 9.37 Å². The quantitative estimate of drug-likeness (QED) is 0.742. The summed E-state index contributed by atoms with van der Waals surface area (Å²) < 4.78 is 14.5. The fourth-order valence-electron chi connectivity index (χ4n) is 2.90. The summed E-state index contributed by atoms with van der Waals surface area (Å²) in [5.41, 5.74) is 8.13. The number of amides is 1. The van der Waals surface area contributed by atoms with Crippen LogP contribution in [0.15, 0.2) is 16.9 Å². The van der Waals surface area contributed by atoms with Gasteiger partial charge < -0.3 is 20.9 Å². The molecule has 1 aliphatic heterocycles. The number of H-pyrrole nitrogens is 1. The Hall–Kier alpha value is -1.67. The Morgan fingerprint density at radius 1 is 1.58 bits per heavy atom. The lowest BCUT2D eigenvalue weighted by molar-refractivity contribution is -0.118. The molecule has 1 fully saturated rings. The van der Waals surface area contributed by atoms with Crippen molar-refractivity contribution in [3.63, 3.8) is 0 Å². The largest absolute Gasteiger partial charge is 0.368 e. The van der Waals surface area contributed by atoms with Gasteiger partial charge in [-0.3, -0.25) is 4.79 Å². The Balaban J connectivity index is 2.04. The fourth-order valence-corrected chi connectivity index (χ4v) is 3.45. The van der Waals surface area contributed by atoms with Gasteiger partial charge in [0, 0.05) is 31.4 Å². The summed E-state index contributed by atoms with van der Waals surface area (Å²) in [5.74, 6) is -0.199. The first-order valence-electron chi connectivity index (χ1n) is 7.99. The van der Waals surface area contributed by atoms with E-state index < -0.39 is 12.2 Å². The summed E-state index contributed by atoms with van der Waals surface area (Å²) in [7, 11) is 0. The maximum Gasteiger partial charge on any atom is 0.226 e. The lowest BCUT2D eigenvalue weighted by Crippen LogP contribution is -2.50. The zero-order valence-corrected chi connectivity index (χ0v) is 15.2. The van der Waals surface area contributed by atoms with E-state index in [4.69, 9.17) is 5.73 Å². The highest BCUT2D eigenvalue weighted by Gasteiger charge is 2.29. The zero-order chi connectivity index (χ0) is 17.4. The molecule has 4 N–H and O–H groups in total. The molecule has 0 radical (unpaired) electrons. The predicted molar refractivity (Wildman–Crippen MR) is 97.0 cm³/mol. The smallest absolute Gasteiger partial charge is 0.226 e. The predicted octanol–water partition coefficient (Wildman–Crippen LogP) is 2.80. The molecule has 1 amide bonds. The summed E-state index contributed by atoms with van der Waals surface area (Å²) in [5, 5.41) is 3.74. The summed E-state index contributed by atoms with van der Waals surface area (Å²) in [6.07, 6.45) is 2.84. The van der Waals surface area contributed by atoms with Crippen LogP contribution in [0.4, 0.5) is 15.8 Å². The van der Waals surface area contributed by atoms with E-state index in [1.165, 1.54) is 0 Å². The van der Waals surface area contributed by atoms with Crippen molar-refractivity contribution in [2.45, 2.75) is 32.5 Å². The normalized spacial score (nSPS) is 21.5. The molecular formula is C16H21BrFN5O. The number of fused-ring (bicyclic) bond motifs is 1. The van der Waals surface area contributed by atoms with Gasteiger partial charge in [-0.1, -0.05) is 13.8 Å². The molecule has 0 saturated carbocycles. The van der Waals surface area contributed by atoms with E-state index in [2.05, 4.69) is 31.2 Å². The van der Waals surface area contributed by atoms with E-state index in [0.29, 0.717) is 30.8 Å². The summed E-state index contributed by atoms with van der Waals surface area (Å²) in [6.45, 7) is 4.66. The van der Waals surface area contributed by atoms with E-state index in [1.807, 2.05) is 18.7 Å². The van der Waals surface area contributed by atoms with Crippen LogP contribution < -0.4 is 16.0 Å². The Bertz CT molecular complexity index is 762. The number of nitrogens with one attached hydrogen (secondary N) is 2.